The predicted molar refractivity (Wildman–Crippen MR) is 35.0 cm³/mol. The Morgan fingerprint density at radius 1 is 1.36 bits per heavy atom. The van der Waals surface area contributed by atoms with Crippen molar-refractivity contribution in [2.75, 3.05) is 6.54 Å². The van der Waals surface area contributed by atoms with E-state index in [1.54, 1.807) is 0 Å². The van der Waals surface area contributed by atoms with Gasteiger partial charge in [-0.1, -0.05) is 0 Å². The molecule has 0 aliphatic heterocycles. The Morgan fingerprint density at radius 3 is 2.09 bits per heavy atom. The Bertz CT molecular complexity index is 121. The summed E-state index contributed by atoms with van der Waals surface area (Å²) in [4.78, 5) is 0. The number of rotatable bonds is 3. The van der Waals surface area contributed by atoms with E-state index in [0.29, 0.717) is 0 Å². The molecule has 0 bridgehead atoms. The molecule has 0 aromatic carbocycles. The Labute approximate surface area is 63.2 Å². The molecule has 0 aromatic rings. The number of hydrogen-bond acceptors (Lipinski definition) is 2. The van der Waals surface area contributed by atoms with Crippen LogP contribution in [0.4, 0.5) is 13.2 Å². The molecule has 1 atom stereocenters. The predicted octanol–water partition coefficient (Wildman–Crippen LogP) is 1.04. The Kier molecular flexibility index (Phi) is 3.31. The van der Waals surface area contributed by atoms with E-state index in [-0.39, 0.29) is 13.0 Å². The highest BCUT2D eigenvalue weighted by atomic mass is 19.4. The summed E-state index contributed by atoms with van der Waals surface area (Å²) in [6.45, 7) is 1.19. The monoisotopic (exact) mass is 171 g/mol. The van der Waals surface area contributed by atoms with Crippen LogP contribution in [-0.4, -0.2) is 23.4 Å². The highest BCUT2D eigenvalue weighted by Gasteiger charge is 2.37. The summed E-state index contributed by atoms with van der Waals surface area (Å²) >= 11 is 0. The average Bonchev–Trinajstić information content (AvgIpc) is 1.55. The average molecular weight is 171 g/mol. The lowest BCUT2D eigenvalue weighted by atomic mass is 9.98. The third kappa shape index (κ3) is 6.12. The molecule has 0 radical (unpaired) electrons. The Balaban J connectivity index is 3.91. The van der Waals surface area contributed by atoms with Crippen molar-refractivity contribution < 1.29 is 18.3 Å². The van der Waals surface area contributed by atoms with E-state index in [1.807, 2.05) is 0 Å². The molecule has 0 aromatic heterocycles. The van der Waals surface area contributed by atoms with E-state index in [2.05, 4.69) is 0 Å². The van der Waals surface area contributed by atoms with E-state index in [4.69, 9.17) is 10.8 Å². The van der Waals surface area contributed by atoms with Crippen molar-refractivity contribution in [1.29, 1.82) is 0 Å². The van der Waals surface area contributed by atoms with Crippen molar-refractivity contribution >= 4 is 0 Å². The molecular formula is C6H12F3NO. The number of halogens is 3. The SMILES string of the molecule is CC(O)(CCN)CC(F)(F)F. The largest absolute Gasteiger partial charge is 0.391 e. The van der Waals surface area contributed by atoms with E-state index in [0.717, 1.165) is 6.92 Å². The second-order valence-electron chi connectivity index (χ2n) is 2.83. The molecule has 0 rings (SSSR count). The van der Waals surface area contributed by atoms with Crippen LogP contribution in [0.15, 0.2) is 0 Å². The van der Waals surface area contributed by atoms with Gasteiger partial charge in [0.05, 0.1) is 12.0 Å². The van der Waals surface area contributed by atoms with Crippen LogP contribution in [0.1, 0.15) is 19.8 Å². The van der Waals surface area contributed by atoms with Gasteiger partial charge in [-0.25, -0.2) is 0 Å². The fraction of sp³-hybridized carbons (Fsp3) is 1.00. The zero-order chi connectivity index (χ0) is 9.12. The number of alkyl halides is 3. The third-order valence-electron chi connectivity index (χ3n) is 1.26. The molecule has 11 heavy (non-hydrogen) atoms. The van der Waals surface area contributed by atoms with Crippen molar-refractivity contribution in [3.05, 3.63) is 0 Å². The van der Waals surface area contributed by atoms with Gasteiger partial charge in [-0.2, -0.15) is 13.2 Å². The second kappa shape index (κ2) is 3.40. The first kappa shape index (κ1) is 10.7. The van der Waals surface area contributed by atoms with Crippen molar-refractivity contribution in [3.8, 4) is 0 Å². The maximum Gasteiger partial charge on any atom is 0.391 e. The molecule has 0 saturated heterocycles. The van der Waals surface area contributed by atoms with Crippen LogP contribution < -0.4 is 5.73 Å². The standard InChI is InChI=1S/C6H12F3NO/c1-5(11,2-3-10)4-6(7,8)9/h11H,2-4,10H2,1H3. The topological polar surface area (TPSA) is 46.2 Å². The minimum absolute atomic E-state index is 0.0352. The molecule has 3 N–H and O–H groups in total. The fourth-order valence-corrected chi connectivity index (χ4v) is 0.831. The van der Waals surface area contributed by atoms with Crippen LogP contribution in [-0.2, 0) is 0 Å². The van der Waals surface area contributed by atoms with Crippen LogP contribution in [0.5, 0.6) is 0 Å². The van der Waals surface area contributed by atoms with Gasteiger partial charge in [-0.3, -0.25) is 0 Å². The molecule has 0 spiro atoms. The number of aliphatic hydroxyl groups is 1. The van der Waals surface area contributed by atoms with Crippen molar-refractivity contribution in [1.82, 2.24) is 0 Å². The van der Waals surface area contributed by atoms with Gasteiger partial charge in [-0.05, 0) is 19.9 Å². The minimum Gasteiger partial charge on any atom is -0.390 e. The zero-order valence-electron chi connectivity index (χ0n) is 6.28. The van der Waals surface area contributed by atoms with Gasteiger partial charge in [0, 0.05) is 0 Å². The quantitative estimate of drug-likeness (QED) is 0.666. The second-order valence-corrected chi connectivity index (χ2v) is 2.83. The van der Waals surface area contributed by atoms with Crippen LogP contribution in [0.3, 0.4) is 0 Å². The summed E-state index contributed by atoms with van der Waals surface area (Å²) in [7, 11) is 0. The van der Waals surface area contributed by atoms with E-state index >= 15 is 0 Å². The number of nitrogens with two attached hydrogens (primary N) is 1. The summed E-state index contributed by atoms with van der Waals surface area (Å²) < 4.78 is 35.0. The molecule has 0 amide bonds. The molecule has 0 aliphatic rings. The minimum atomic E-state index is -4.32. The lowest BCUT2D eigenvalue weighted by Gasteiger charge is -2.23. The molecule has 0 aliphatic carbocycles. The molecule has 0 fully saturated rings. The first-order chi connectivity index (χ1) is 4.77. The van der Waals surface area contributed by atoms with E-state index in [1.165, 1.54) is 0 Å². The van der Waals surface area contributed by atoms with Crippen LogP contribution in [0, 0.1) is 0 Å². The molecule has 2 nitrogen and oxygen atoms in total. The molecule has 68 valence electrons. The molecular weight excluding hydrogens is 159 g/mol. The molecule has 0 saturated carbocycles. The number of hydrogen-bond donors (Lipinski definition) is 2. The Morgan fingerprint density at radius 2 is 1.82 bits per heavy atom. The van der Waals surface area contributed by atoms with Crippen LogP contribution >= 0.6 is 0 Å². The van der Waals surface area contributed by atoms with Gasteiger partial charge in [0.25, 0.3) is 0 Å². The van der Waals surface area contributed by atoms with Gasteiger partial charge >= 0.3 is 6.18 Å². The van der Waals surface area contributed by atoms with Gasteiger partial charge in [0.1, 0.15) is 0 Å². The lowest BCUT2D eigenvalue weighted by molar-refractivity contribution is -0.173. The van der Waals surface area contributed by atoms with E-state index < -0.39 is 18.2 Å². The fourth-order valence-electron chi connectivity index (χ4n) is 0.831. The Hall–Kier alpha value is -0.290. The smallest absolute Gasteiger partial charge is 0.390 e. The summed E-state index contributed by atoms with van der Waals surface area (Å²) in [5.74, 6) is 0. The van der Waals surface area contributed by atoms with Gasteiger partial charge < -0.3 is 10.8 Å². The van der Waals surface area contributed by atoms with Crippen molar-refractivity contribution in [2.24, 2.45) is 5.73 Å². The first-order valence-electron chi connectivity index (χ1n) is 3.26. The molecule has 5 heteroatoms. The van der Waals surface area contributed by atoms with Crippen molar-refractivity contribution in [2.45, 2.75) is 31.5 Å². The first-order valence-corrected chi connectivity index (χ1v) is 3.26. The highest BCUT2D eigenvalue weighted by Crippen LogP contribution is 2.28. The summed E-state index contributed by atoms with van der Waals surface area (Å²) in [5, 5.41) is 9.05. The van der Waals surface area contributed by atoms with Gasteiger partial charge in [0.2, 0.25) is 0 Å². The maximum absolute atomic E-state index is 11.7. The summed E-state index contributed by atoms with van der Waals surface area (Å²) in [6, 6.07) is 0. The van der Waals surface area contributed by atoms with Crippen LogP contribution in [0.2, 0.25) is 0 Å². The molecule has 1 unspecified atom stereocenters. The van der Waals surface area contributed by atoms with Crippen LogP contribution in [0.25, 0.3) is 0 Å². The van der Waals surface area contributed by atoms with Gasteiger partial charge in [-0.15, -0.1) is 0 Å². The lowest BCUT2D eigenvalue weighted by Crippen LogP contribution is -2.33. The maximum atomic E-state index is 11.7. The summed E-state index contributed by atoms with van der Waals surface area (Å²) in [5.41, 5.74) is 3.29. The third-order valence-corrected chi connectivity index (χ3v) is 1.26. The highest BCUT2D eigenvalue weighted by molar-refractivity contribution is 4.76. The van der Waals surface area contributed by atoms with Gasteiger partial charge in [0.15, 0.2) is 0 Å². The molecule has 0 heterocycles. The van der Waals surface area contributed by atoms with Crippen molar-refractivity contribution in [3.63, 3.8) is 0 Å². The summed E-state index contributed by atoms with van der Waals surface area (Å²) in [6.07, 6.45) is -5.55. The normalized spacial score (nSPS) is 18.0. The zero-order valence-corrected chi connectivity index (χ0v) is 6.28. The van der Waals surface area contributed by atoms with E-state index in [9.17, 15) is 13.2 Å².